The molecule has 0 heterocycles. The highest BCUT2D eigenvalue weighted by Gasteiger charge is 2.31. The fourth-order valence-corrected chi connectivity index (χ4v) is 4.83. The van der Waals surface area contributed by atoms with Crippen molar-refractivity contribution in [2.75, 3.05) is 13.6 Å². The zero-order valence-corrected chi connectivity index (χ0v) is 17.7. The summed E-state index contributed by atoms with van der Waals surface area (Å²) in [6, 6.07) is 6.29. The summed E-state index contributed by atoms with van der Waals surface area (Å²) >= 11 is 0. The van der Waals surface area contributed by atoms with Gasteiger partial charge in [0.05, 0.1) is 10.4 Å². The van der Waals surface area contributed by atoms with Crippen LogP contribution in [0, 0.1) is 5.92 Å². The molecule has 0 spiro atoms. The van der Waals surface area contributed by atoms with Gasteiger partial charge in [0.2, 0.25) is 10.0 Å². The van der Waals surface area contributed by atoms with Crippen molar-refractivity contribution >= 4 is 15.9 Å². The second-order valence-electron chi connectivity index (χ2n) is 8.07. The number of carbonyl (C=O) groups excluding carboxylic acids is 1. The van der Waals surface area contributed by atoms with E-state index in [-0.39, 0.29) is 22.8 Å². The molecule has 0 bridgehead atoms. The summed E-state index contributed by atoms with van der Waals surface area (Å²) in [4.78, 5) is 12.9. The Kier molecular flexibility index (Phi) is 7.05. The van der Waals surface area contributed by atoms with E-state index >= 15 is 0 Å². The predicted molar refractivity (Wildman–Crippen MR) is 108 cm³/mol. The molecular weight excluding hydrogens is 362 g/mol. The lowest BCUT2D eigenvalue weighted by Gasteiger charge is -2.33. The summed E-state index contributed by atoms with van der Waals surface area (Å²) in [5, 5.41) is 2.96. The van der Waals surface area contributed by atoms with E-state index in [0.717, 1.165) is 32.1 Å². The van der Waals surface area contributed by atoms with E-state index in [9.17, 15) is 13.2 Å². The molecule has 0 radical (unpaired) electrons. The molecule has 1 amide bonds. The van der Waals surface area contributed by atoms with E-state index in [1.807, 2.05) is 20.8 Å². The maximum absolute atomic E-state index is 13.0. The van der Waals surface area contributed by atoms with Crippen molar-refractivity contribution in [1.82, 2.24) is 9.62 Å². The minimum absolute atomic E-state index is 0.0303. The van der Waals surface area contributed by atoms with Gasteiger partial charge in [-0.25, -0.2) is 8.42 Å². The van der Waals surface area contributed by atoms with E-state index in [4.69, 9.17) is 5.73 Å². The van der Waals surface area contributed by atoms with Crippen molar-refractivity contribution in [2.45, 2.75) is 69.4 Å². The lowest BCUT2D eigenvalue weighted by molar-refractivity contribution is 0.0883. The third-order valence-electron chi connectivity index (χ3n) is 5.96. The average Bonchev–Trinajstić information content (AvgIpc) is 2.67. The van der Waals surface area contributed by atoms with Crippen molar-refractivity contribution in [2.24, 2.45) is 11.7 Å². The summed E-state index contributed by atoms with van der Waals surface area (Å²) in [7, 11) is -1.99. The first-order chi connectivity index (χ1) is 12.6. The standard InChI is InChI=1S/C20H33N3O3S/c1-15(2)20(3,14-21)22-19(24)16-9-8-12-18(13-16)27(25,26)23(4)17-10-6-5-7-11-17/h8-9,12-13,15,17H,5-7,10-11,14,21H2,1-4H3,(H,22,24). The van der Waals surface area contributed by atoms with Crippen LogP contribution >= 0.6 is 0 Å². The summed E-state index contributed by atoms with van der Waals surface area (Å²) < 4.78 is 27.5. The minimum Gasteiger partial charge on any atom is -0.345 e. The van der Waals surface area contributed by atoms with Crippen molar-refractivity contribution in [3.05, 3.63) is 29.8 Å². The summed E-state index contributed by atoms with van der Waals surface area (Å²) in [5.41, 5.74) is 5.62. The molecule has 1 saturated carbocycles. The van der Waals surface area contributed by atoms with Gasteiger partial charge in [0.25, 0.3) is 5.91 Å². The molecule has 3 N–H and O–H groups in total. The number of hydrogen-bond donors (Lipinski definition) is 2. The number of benzene rings is 1. The fraction of sp³-hybridized carbons (Fsp3) is 0.650. The Hall–Kier alpha value is -1.44. The number of nitrogens with zero attached hydrogens (tertiary/aromatic N) is 1. The molecule has 1 aromatic rings. The van der Waals surface area contributed by atoms with Gasteiger partial charge in [0.15, 0.2) is 0 Å². The van der Waals surface area contributed by atoms with Crippen LogP contribution in [0.3, 0.4) is 0 Å². The molecule has 6 nitrogen and oxygen atoms in total. The van der Waals surface area contributed by atoms with E-state index < -0.39 is 15.6 Å². The smallest absolute Gasteiger partial charge is 0.251 e. The molecule has 0 aliphatic heterocycles. The Balaban J connectivity index is 2.24. The molecule has 1 atom stereocenters. The minimum atomic E-state index is -3.63. The first-order valence-electron chi connectivity index (χ1n) is 9.72. The number of sulfonamides is 1. The highest BCUT2D eigenvalue weighted by molar-refractivity contribution is 7.89. The van der Waals surface area contributed by atoms with Crippen LogP contribution in [0.5, 0.6) is 0 Å². The van der Waals surface area contributed by atoms with Gasteiger partial charge in [0, 0.05) is 25.2 Å². The van der Waals surface area contributed by atoms with Gasteiger partial charge in [-0.05, 0) is 43.9 Å². The molecule has 1 aliphatic carbocycles. The zero-order valence-electron chi connectivity index (χ0n) is 16.9. The number of nitrogens with two attached hydrogens (primary N) is 1. The van der Waals surface area contributed by atoms with Crippen molar-refractivity contribution in [1.29, 1.82) is 0 Å². The molecule has 27 heavy (non-hydrogen) atoms. The van der Waals surface area contributed by atoms with Gasteiger partial charge in [0.1, 0.15) is 0 Å². The number of nitrogens with one attached hydrogen (secondary N) is 1. The van der Waals surface area contributed by atoms with E-state index in [0.29, 0.717) is 12.1 Å². The van der Waals surface area contributed by atoms with Crippen LogP contribution < -0.4 is 11.1 Å². The van der Waals surface area contributed by atoms with E-state index in [2.05, 4.69) is 5.32 Å². The first-order valence-corrected chi connectivity index (χ1v) is 11.2. The molecule has 152 valence electrons. The Morgan fingerprint density at radius 1 is 1.30 bits per heavy atom. The topological polar surface area (TPSA) is 92.5 Å². The molecule has 7 heteroatoms. The maximum atomic E-state index is 13.0. The van der Waals surface area contributed by atoms with E-state index in [1.54, 1.807) is 25.2 Å². The van der Waals surface area contributed by atoms with Crippen molar-refractivity contribution in [3.8, 4) is 0 Å². The van der Waals surface area contributed by atoms with Gasteiger partial charge in [-0.3, -0.25) is 4.79 Å². The van der Waals surface area contributed by atoms with Crippen molar-refractivity contribution < 1.29 is 13.2 Å². The average molecular weight is 396 g/mol. The number of hydrogen-bond acceptors (Lipinski definition) is 4. The normalized spacial score (nSPS) is 18.5. The summed E-state index contributed by atoms with van der Waals surface area (Å²) in [6.07, 6.45) is 5.05. The van der Waals surface area contributed by atoms with Crippen molar-refractivity contribution in [3.63, 3.8) is 0 Å². The summed E-state index contributed by atoms with van der Waals surface area (Å²) in [5.74, 6) is -0.162. The second-order valence-corrected chi connectivity index (χ2v) is 10.1. The zero-order chi connectivity index (χ0) is 20.2. The van der Waals surface area contributed by atoms with Gasteiger partial charge in [-0.1, -0.05) is 39.2 Å². The molecular formula is C20H33N3O3S. The molecule has 0 aromatic heterocycles. The molecule has 2 rings (SSSR count). The highest BCUT2D eigenvalue weighted by Crippen LogP contribution is 2.27. The van der Waals surface area contributed by atoms with Crippen LogP contribution in [-0.2, 0) is 10.0 Å². The van der Waals surface area contributed by atoms with Crippen LogP contribution in [-0.4, -0.2) is 43.8 Å². The molecule has 0 saturated heterocycles. The third-order valence-corrected chi connectivity index (χ3v) is 7.87. The lowest BCUT2D eigenvalue weighted by atomic mass is 9.88. The Labute approximate surface area is 163 Å². The van der Waals surface area contributed by atoms with Gasteiger partial charge in [-0.15, -0.1) is 0 Å². The van der Waals surface area contributed by atoms with Gasteiger partial charge < -0.3 is 11.1 Å². The molecule has 1 unspecified atom stereocenters. The number of amides is 1. The number of rotatable bonds is 7. The summed E-state index contributed by atoms with van der Waals surface area (Å²) in [6.45, 7) is 6.19. The van der Waals surface area contributed by atoms with Crippen LogP contribution in [0.15, 0.2) is 29.2 Å². The van der Waals surface area contributed by atoms with Crippen LogP contribution in [0.2, 0.25) is 0 Å². The van der Waals surface area contributed by atoms with Crippen LogP contribution in [0.25, 0.3) is 0 Å². The first kappa shape index (κ1) is 21.9. The monoisotopic (exact) mass is 395 g/mol. The van der Waals surface area contributed by atoms with Crippen LogP contribution in [0.1, 0.15) is 63.2 Å². The largest absolute Gasteiger partial charge is 0.345 e. The quantitative estimate of drug-likeness (QED) is 0.742. The molecule has 1 fully saturated rings. The van der Waals surface area contributed by atoms with Gasteiger partial charge >= 0.3 is 0 Å². The third kappa shape index (κ3) is 4.89. The maximum Gasteiger partial charge on any atom is 0.251 e. The van der Waals surface area contributed by atoms with Gasteiger partial charge in [-0.2, -0.15) is 4.31 Å². The Morgan fingerprint density at radius 2 is 1.93 bits per heavy atom. The SMILES string of the molecule is CC(C)C(C)(CN)NC(=O)c1cccc(S(=O)(=O)N(C)C2CCCCC2)c1. The predicted octanol–water partition coefficient (Wildman–Crippen LogP) is 2.74. The fourth-order valence-electron chi connectivity index (χ4n) is 3.37. The Bertz CT molecular complexity index is 757. The molecule has 1 aromatic carbocycles. The lowest BCUT2D eigenvalue weighted by Crippen LogP contribution is -2.55. The highest BCUT2D eigenvalue weighted by atomic mass is 32.2. The Morgan fingerprint density at radius 3 is 2.48 bits per heavy atom. The van der Waals surface area contributed by atoms with E-state index in [1.165, 1.54) is 10.4 Å². The van der Waals surface area contributed by atoms with Crippen LogP contribution in [0.4, 0.5) is 0 Å². The second kappa shape index (κ2) is 8.71. The number of carbonyl (C=O) groups is 1. The molecule has 1 aliphatic rings.